The van der Waals surface area contributed by atoms with Gasteiger partial charge in [-0.15, -0.1) is 0 Å². The van der Waals surface area contributed by atoms with Gasteiger partial charge in [0.2, 0.25) is 5.91 Å². The maximum atomic E-state index is 12.1. The van der Waals surface area contributed by atoms with Crippen molar-refractivity contribution in [3.63, 3.8) is 0 Å². The Morgan fingerprint density at radius 2 is 2.00 bits per heavy atom. The zero-order valence-corrected chi connectivity index (χ0v) is 12.3. The molecule has 0 spiro atoms. The Morgan fingerprint density at radius 3 is 2.62 bits per heavy atom. The van der Waals surface area contributed by atoms with E-state index in [2.05, 4.69) is 4.74 Å². The molecular formula is C14H14ClNO5. The average Bonchev–Trinajstić information content (AvgIpc) is 2.87. The number of methoxy groups -OCH3 is 2. The van der Waals surface area contributed by atoms with E-state index in [-0.39, 0.29) is 24.4 Å². The number of benzene rings is 1. The van der Waals surface area contributed by atoms with Gasteiger partial charge in [-0.05, 0) is 18.2 Å². The Morgan fingerprint density at radius 1 is 1.29 bits per heavy atom. The third-order valence-electron chi connectivity index (χ3n) is 3.32. The van der Waals surface area contributed by atoms with E-state index in [1.165, 1.54) is 37.3 Å². The van der Waals surface area contributed by atoms with Gasteiger partial charge >= 0.3 is 11.9 Å². The number of esters is 2. The first kappa shape index (κ1) is 15.3. The number of rotatable bonds is 3. The molecule has 1 fully saturated rings. The van der Waals surface area contributed by atoms with Crippen LogP contribution in [0.4, 0.5) is 5.69 Å². The highest BCUT2D eigenvalue weighted by Crippen LogP contribution is 2.31. The van der Waals surface area contributed by atoms with E-state index in [4.69, 9.17) is 16.3 Å². The van der Waals surface area contributed by atoms with Crippen molar-refractivity contribution in [3.8, 4) is 0 Å². The highest BCUT2D eigenvalue weighted by Gasteiger charge is 2.37. The van der Waals surface area contributed by atoms with E-state index in [0.29, 0.717) is 10.7 Å². The lowest BCUT2D eigenvalue weighted by molar-refractivity contribution is -0.145. The maximum absolute atomic E-state index is 12.1. The van der Waals surface area contributed by atoms with Crippen molar-refractivity contribution in [2.45, 2.75) is 6.42 Å². The van der Waals surface area contributed by atoms with Gasteiger partial charge in [0.15, 0.2) is 0 Å². The van der Waals surface area contributed by atoms with Gasteiger partial charge in [0, 0.05) is 18.0 Å². The van der Waals surface area contributed by atoms with Crippen LogP contribution in [0.15, 0.2) is 18.2 Å². The van der Waals surface area contributed by atoms with Gasteiger partial charge in [-0.3, -0.25) is 9.59 Å². The summed E-state index contributed by atoms with van der Waals surface area (Å²) in [6.45, 7) is 0.149. The third-order valence-corrected chi connectivity index (χ3v) is 3.55. The molecule has 1 unspecified atom stereocenters. The maximum Gasteiger partial charge on any atom is 0.339 e. The fourth-order valence-corrected chi connectivity index (χ4v) is 2.44. The molecule has 0 saturated carbocycles. The van der Waals surface area contributed by atoms with Crippen LogP contribution in [0.5, 0.6) is 0 Å². The minimum absolute atomic E-state index is 0.0415. The van der Waals surface area contributed by atoms with Gasteiger partial charge in [0.1, 0.15) is 0 Å². The fourth-order valence-electron chi connectivity index (χ4n) is 2.28. The lowest BCUT2D eigenvalue weighted by atomic mass is 10.1. The molecule has 1 heterocycles. The number of nitrogens with zero attached hydrogens (tertiary/aromatic N) is 1. The second-order valence-corrected chi connectivity index (χ2v) is 5.02. The van der Waals surface area contributed by atoms with E-state index in [1.54, 1.807) is 0 Å². The molecule has 0 radical (unpaired) electrons. The Balaban J connectivity index is 2.37. The van der Waals surface area contributed by atoms with Gasteiger partial charge in [-0.25, -0.2) is 4.79 Å². The van der Waals surface area contributed by atoms with E-state index in [1.807, 2.05) is 0 Å². The highest BCUT2D eigenvalue weighted by atomic mass is 35.5. The third kappa shape index (κ3) is 3.00. The first-order valence-corrected chi connectivity index (χ1v) is 6.61. The molecule has 21 heavy (non-hydrogen) atoms. The van der Waals surface area contributed by atoms with Crippen molar-refractivity contribution in [2.75, 3.05) is 25.7 Å². The number of hydrogen-bond donors (Lipinski definition) is 0. The molecular weight excluding hydrogens is 298 g/mol. The van der Waals surface area contributed by atoms with Crippen LogP contribution in [0.1, 0.15) is 16.8 Å². The van der Waals surface area contributed by atoms with Crippen LogP contribution in [0.25, 0.3) is 0 Å². The SMILES string of the molecule is COC(=O)c1ccc(Cl)cc1N1CC(C(=O)OC)CC1=O. The van der Waals surface area contributed by atoms with Crippen LogP contribution < -0.4 is 4.90 Å². The van der Waals surface area contributed by atoms with Gasteiger partial charge in [0.25, 0.3) is 0 Å². The van der Waals surface area contributed by atoms with Crippen molar-refractivity contribution in [2.24, 2.45) is 5.92 Å². The topological polar surface area (TPSA) is 72.9 Å². The zero-order valence-electron chi connectivity index (χ0n) is 11.6. The Kier molecular flexibility index (Phi) is 4.47. The monoisotopic (exact) mass is 311 g/mol. The van der Waals surface area contributed by atoms with Gasteiger partial charge < -0.3 is 14.4 Å². The van der Waals surface area contributed by atoms with Gasteiger partial charge in [-0.1, -0.05) is 11.6 Å². The van der Waals surface area contributed by atoms with Crippen molar-refractivity contribution in [1.29, 1.82) is 0 Å². The molecule has 2 rings (SSSR count). The molecule has 0 bridgehead atoms. The van der Waals surface area contributed by atoms with E-state index < -0.39 is 17.9 Å². The minimum atomic E-state index is -0.573. The number of ether oxygens (including phenoxy) is 2. The van der Waals surface area contributed by atoms with Crippen LogP contribution >= 0.6 is 11.6 Å². The van der Waals surface area contributed by atoms with Gasteiger partial charge in [0.05, 0.1) is 31.4 Å². The van der Waals surface area contributed by atoms with Crippen LogP contribution in [0.3, 0.4) is 0 Å². The molecule has 0 aliphatic carbocycles. The quantitative estimate of drug-likeness (QED) is 0.794. The second-order valence-electron chi connectivity index (χ2n) is 4.58. The first-order chi connectivity index (χ1) is 9.97. The molecule has 7 heteroatoms. The minimum Gasteiger partial charge on any atom is -0.469 e. The Hall–Kier alpha value is -2.08. The summed E-state index contributed by atoms with van der Waals surface area (Å²) in [5.41, 5.74) is 0.562. The highest BCUT2D eigenvalue weighted by molar-refractivity contribution is 6.31. The molecule has 0 N–H and O–H groups in total. The predicted molar refractivity (Wildman–Crippen MR) is 75.3 cm³/mol. The molecule has 1 saturated heterocycles. The molecule has 0 aromatic heterocycles. The molecule has 1 aromatic carbocycles. The number of carbonyl (C=O) groups excluding carboxylic acids is 3. The zero-order chi connectivity index (χ0) is 15.6. The summed E-state index contributed by atoms with van der Waals surface area (Å²) in [7, 11) is 2.53. The lowest BCUT2D eigenvalue weighted by Crippen LogP contribution is -2.28. The second kappa shape index (κ2) is 6.13. The summed E-state index contributed by atoms with van der Waals surface area (Å²) in [6, 6.07) is 4.53. The molecule has 1 aliphatic heterocycles. The number of carbonyl (C=O) groups is 3. The van der Waals surface area contributed by atoms with Crippen molar-refractivity contribution >= 4 is 35.1 Å². The standard InChI is InChI=1S/C14H14ClNO5/c1-20-13(18)8-5-12(17)16(7-8)11-6-9(15)3-4-10(11)14(19)21-2/h3-4,6,8H,5,7H2,1-2H3. The van der Waals surface area contributed by atoms with E-state index in [0.717, 1.165) is 0 Å². The molecule has 6 nitrogen and oxygen atoms in total. The number of anilines is 1. The van der Waals surface area contributed by atoms with Crippen molar-refractivity contribution in [3.05, 3.63) is 28.8 Å². The average molecular weight is 312 g/mol. The van der Waals surface area contributed by atoms with Crippen molar-refractivity contribution < 1.29 is 23.9 Å². The predicted octanol–water partition coefficient (Wildman–Crippen LogP) is 1.65. The first-order valence-electron chi connectivity index (χ1n) is 6.24. The summed E-state index contributed by atoms with van der Waals surface area (Å²) in [5, 5.41) is 0.381. The van der Waals surface area contributed by atoms with Gasteiger partial charge in [-0.2, -0.15) is 0 Å². The summed E-state index contributed by atoms with van der Waals surface area (Å²) in [5.74, 6) is -1.84. The van der Waals surface area contributed by atoms with E-state index in [9.17, 15) is 14.4 Å². The van der Waals surface area contributed by atoms with Crippen LogP contribution in [-0.4, -0.2) is 38.6 Å². The van der Waals surface area contributed by atoms with Crippen LogP contribution in [0.2, 0.25) is 5.02 Å². The molecule has 1 atom stereocenters. The summed E-state index contributed by atoms with van der Waals surface area (Å²) < 4.78 is 9.35. The Labute approximate surface area is 126 Å². The van der Waals surface area contributed by atoms with Crippen molar-refractivity contribution in [1.82, 2.24) is 0 Å². The molecule has 1 aromatic rings. The smallest absolute Gasteiger partial charge is 0.339 e. The Bertz CT molecular complexity index is 601. The molecule has 112 valence electrons. The van der Waals surface area contributed by atoms with E-state index >= 15 is 0 Å². The normalized spacial score (nSPS) is 17.8. The summed E-state index contributed by atoms with van der Waals surface area (Å²) in [6.07, 6.45) is 0.0415. The summed E-state index contributed by atoms with van der Waals surface area (Å²) >= 11 is 5.94. The molecule has 1 aliphatic rings. The van der Waals surface area contributed by atoms with Crippen LogP contribution in [-0.2, 0) is 19.1 Å². The number of hydrogen-bond acceptors (Lipinski definition) is 5. The summed E-state index contributed by atoms with van der Waals surface area (Å²) in [4.78, 5) is 36.8. The number of halogens is 1. The van der Waals surface area contributed by atoms with Crippen LogP contribution in [0, 0.1) is 5.92 Å². The largest absolute Gasteiger partial charge is 0.469 e. The number of amides is 1. The lowest BCUT2D eigenvalue weighted by Gasteiger charge is -2.19. The molecule has 1 amide bonds. The fraction of sp³-hybridized carbons (Fsp3) is 0.357.